The van der Waals surface area contributed by atoms with Crippen LogP contribution in [0, 0.1) is 0 Å². The van der Waals surface area contributed by atoms with Gasteiger partial charge in [0.25, 0.3) is 0 Å². The van der Waals surface area contributed by atoms with Gasteiger partial charge in [0.05, 0.1) is 0 Å². The van der Waals surface area contributed by atoms with Crippen molar-refractivity contribution in [2.24, 2.45) is 0 Å². The van der Waals surface area contributed by atoms with Gasteiger partial charge in [0, 0.05) is 25.8 Å². The number of rotatable bonds is 11. The second-order valence-corrected chi connectivity index (χ2v) is 14.8. The maximum absolute atomic E-state index is 12.2. The van der Waals surface area contributed by atoms with E-state index >= 15 is 0 Å². The van der Waals surface area contributed by atoms with E-state index < -0.39 is 16.9 Å². The minimum atomic E-state index is -2.16. The van der Waals surface area contributed by atoms with Crippen molar-refractivity contribution in [1.82, 2.24) is 4.90 Å². The monoisotopic (exact) mass is 363 g/mol. The molecule has 0 rings (SSSR count). The summed E-state index contributed by atoms with van der Waals surface area (Å²) in [6, 6.07) is 0.891. The van der Waals surface area contributed by atoms with Crippen LogP contribution in [0.2, 0.25) is 32.2 Å². The Labute approximate surface area is 145 Å². The lowest BCUT2D eigenvalue weighted by atomic mass is 10.3. The van der Waals surface area contributed by atoms with Crippen LogP contribution in [0.15, 0.2) is 0 Å². The first-order chi connectivity index (χ1) is 10.6. The van der Waals surface area contributed by atoms with Gasteiger partial charge in [-0.2, -0.15) is 0 Å². The second-order valence-electron chi connectivity index (χ2n) is 7.07. The number of carbonyl (C=O) groups is 1. The Kier molecular flexibility index (Phi) is 10.3. The summed E-state index contributed by atoms with van der Waals surface area (Å²) in [5, 5.41) is 0. The zero-order valence-corrected chi connectivity index (χ0v) is 18.4. The lowest BCUT2D eigenvalue weighted by molar-refractivity contribution is 0.125. The van der Waals surface area contributed by atoms with E-state index in [9.17, 15) is 4.79 Å². The summed E-state index contributed by atoms with van der Waals surface area (Å²) in [5.74, 6) is 0. The molecule has 0 aromatic rings. The van der Waals surface area contributed by atoms with Gasteiger partial charge in [-0.05, 0) is 65.8 Å². The molecule has 0 fully saturated rings. The SMILES string of the molecule is CCO[Si](C)(CCCN(CC)C(=O)O[Si](C)(C)C)OC(C)CC. The molecular formula is C16H37NO4Si2. The number of hydrogen-bond acceptors (Lipinski definition) is 4. The molecule has 0 radical (unpaired) electrons. The topological polar surface area (TPSA) is 48.0 Å². The lowest BCUT2D eigenvalue weighted by Crippen LogP contribution is -2.43. The third-order valence-electron chi connectivity index (χ3n) is 3.57. The first-order valence-electron chi connectivity index (χ1n) is 8.86. The second kappa shape index (κ2) is 10.5. The van der Waals surface area contributed by atoms with Gasteiger partial charge in [-0.1, -0.05) is 6.92 Å². The Balaban J connectivity index is 4.51. The summed E-state index contributed by atoms with van der Waals surface area (Å²) in [7, 11) is -4.01. The molecule has 0 saturated carbocycles. The summed E-state index contributed by atoms with van der Waals surface area (Å²) in [5.41, 5.74) is 0. The zero-order chi connectivity index (χ0) is 18.1. The van der Waals surface area contributed by atoms with E-state index in [1.165, 1.54) is 0 Å². The van der Waals surface area contributed by atoms with Crippen LogP contribution in [0.1, 0.15) is 40.5 Å². The van der Waals surface area contributed by atoms with Crippen molar-refractivity contribution in [2.45, 2.75) is 78.9 Å². The summed E-state index contributed by atoms with van der Waals surface area (Å²) in [6.45, 7) is 18.4. The highest BCUT2D eigenvalue weighted by Gasteiger charge is 2.33. The molecule has 0 heterocycles. The molecule has 2 atom stereocenters. The number of hydrogen-bond donors (Lipinski definition) is 0. The Morgan fingerprint density at radius 3 is 2.17 bits per heavy atom. The molecule has 138 valence electrons. The highest BCUT2D eigenvalue weighted by atomic mass is 28.4. The Bertz CT molecular complexity index is 349. The van der Waals surface area contributed by atoms with Gasteiger partial charge in [0.1, 0.15) is 0 Å². The average molecular weight is 364 g/mol. The van der Waals surface area contributed by atoms with Crippen LogP contribution in [0.4, 0.5) is 4.79 Å². The predicted molar refractivity (Wildman–Crippen MR) is 101 cm³/mol. The maximum atomic E-state index is 12.2. The summed E-state index contributed by atoms with van der Waals surface area (Å²) < 4.78 is 17.7. The fourth-order valence-corrected chi connectivity index (χ4v) is 5.69. The van der Waals surface area contributed by atoms with Crippen molar-refractivity contribution in [2.75, 3.05) is 19.7 Å². The smallest absolute Gasteiger partial charge is 0.396 e. The molecule has 0 saturated heterocycles. The van der Waals surface area contributed by atoms with Gasteiger partial charge in [0.2, 0.25) is 8.32 Å². The van der Waals surface area contributed by atoms with E-state index in [1.54, 1.807) is 4.90 Å². The van der Waals surface area contributed by atoms with E-state index in [0.717, 1.165) is 18.9 Å². The Morgan fingerprint density at radius 1 is 1.13 bits per heavy atom. The van der Waals surface area contributed by atoms with Crippen molar-refractivity contribution < 1.29 is 18.1 Å². The average Bonchev–Trinajstić information content (AvgIpc) is 2.41. The fourth-order valence-electron chi connectivity index (χ4n) is 2.28. The molecule has 0 aromatic heterocycles. The van der Waals surface area contributed by atoms with Crippen LogP contribution in [-0.4, -0.2) is 53.7 Å². The van der Waals surface area contributed by atoms with Crippen molar-refractivity contribution in [3.05, 3.63) is 0 Å². The molecule has 0 bridgehead atoms. The van der Waals surface area contributed by atoms with E-state index in [0.29, 0.717) is 19.7 Å². The fraction of sp³-hybridized carbons (Fsp3) is 0.938. The lowest BCUT2D eigenvalue weighted by Gasteiger charge is -2.31. The van der Waals surface area contributed by atoms with Crippen LogP contribution in [0.3, 0.4) is 0 Å². The van der Waals surface area contributed by atoms with Gasteiger partial charge in [0.15, 0.2) is 0 Å². The van der Waals surface area contributed by atoms with E-state index in [1.807, 2.05) is 33.5 Å². The van der Waals surface area contributed by atoms with E-state index in [2.05, 4.69) is 20.4 Å². The zero-order valence-electron chi connectivity index (χ0n) is 16.4. The van der Waals surface area contributed by atoms with Crippen LogP contribution in [0.5, 0.6) is 0 Å². The highest BCUT2D eigenvalue weighted by Crippen LogP contribution is 2.20. The summed E-state index contributed by atoms with van der Waals surface area (Å²) >= 11 is 0. The van der Waals surface area contributed by atoms with Gasteiger partial charge in [-0.15, -0.1) is 0 Å². The van der Waals surface area contributed by atoms with E-state index in [-0.39, 0.29) is 12.2 Å². The third kappa shape index (κ3) is 10.2. The molecule has 0 aliphatic rings. The first kappa shape index (κ1) is 22.6. The third-order valence-corrected chi connectivity index (χ3v) is 7.42. The molecule has 0 N–H and O–H groups in total. The Hall–Kier alpha value is -0.376. The molecule has 0 aliphatic heterocycles. The van der Waals surface area contributed by atoms with Crippen molar-refractivity contribution in [3.8, 4) is 0 Å². The van der Waals surface area contributed by atoms with Gasteiger partial charge < -0.3 is 18.2 Å². The first-order valence-corrected chi connectivity index (χ1v) is 14.8. The molecule has 5 nitrogen and oxygen atoms in total. The van der Waals surface area contributed by atoms with Crippen molar-refractivity contribution >= 4 is 23.0 Å². The summed E-state index contributed by atoms with van der Waals surface area (Å²) in [6.07, 6.45) is 1.90. The number of nitrogens with zero attached hydrogens (tertiary/aromatic N) is 1. The molecular weight excluding hydrogens is 326 g/mol. The van der Waals surface area contributed by atoms with E-state index in [4.69, 9.17) is 13.3 Å². The summed E-state index contributed by atoms with van der Waals surface area (Å²) in [4.78, 5) is 14.0. The Morgan fingerprint density at radius 2 is 1.74 bits per heavy atom. The number of amides is 1. The predicted octanol–water partition coefficient (Wildman–Crippen LogP) is 4.59. The quantitative estimate of drug-likeness (QED) is 0.504. The van der Waals surface area contributed by atoms with Crippen LogP contribution in [-0.2, 0) is 13.3 Å². The highest BCUT2D eigenvalue weighted by molar-refractivity contribution is 6.71. The van der Waals surface area contributed by atoms with Crippen LogP contribution < -0.4 is 0 Å². The standard InChI is InChI=1S/C16H37NO4Si2/c1-9-15(4)20-23(8,19-11-3)14-12-13-17(10-2)16(18)21-22(5,6)7/h15H,9-14H2,1-8H3. The van der Waals surface area contributed by atoms with Crippen LogP contribution >= 0.6 is 0 Å². The van der Waals surface area contributed by atoms with Gasteiger partial charge in [-0.3, -0.25) is 0 Å². The van der Waals surface area contributed by atoms with Gasteiger partial charge >= 0.3 is 14.7 Å². The minimum absolute atomic E-state index is 0.186. The van der Waals surface area contributed by atoms with Crippen molar-refractivity contribution in [1.29, 1.82) is 0 Å². The molecule has 0 aromatic carbocycles. The molecule has 1 amide bonds. The largest absolute Gasteiger partial charge is 0.504 e. The van der Waals surface area contributed by atoms with Gasteiger partial charge in [-0.25, -0.2) is 4.79 Å². The molecule has 0 aliphatic carbocycles. The van der Waals surface area contributed by atoms with Crippen LogP contribution in [0.25, 0.3) is 0 Å². The molecule has 23 heavy (non-hydrogen) atoms. The molecule has 0 spiro atoms. The number of carbonyl (C=O) groups excluding carboxylic acids is 1. The van der Waals surface area contributed by atoms with Crippen molar-refractivity contribution in [3.63, 3.8) is 0 Å². The normalized spacial score (nSPS) is 15.8. The molecule has 2 unspecified atom stereocenters. The maximum Gasteiger partial charge on any atom is 0.396 e. The minimum Gasteiger partial charge on any atom is -0.504 e. The molecule has 7 heteroatoms.